The number of aromatic amines is 1. The topological polar surface area (TPSA) is 91.5 Å². The third-order valence-electron chi connectivity index (χ3n) is 5.08. The molecule has 0 aromatic carbocycles. The minimum absolute atomic E-state index is 0.0642. The Bertz CT molecular complexity index is 688. The van der Waals surface area contributed by atoms with Gasteiger partial charge in [-0.2, -0.15) is 0 Å². The fourth-order valence-electron chi connectivity index (χ4n) is 3.58. The largest absolute Gasteiger partial charge is 0.461 e. The highest BCUT2D eigenvalue weighted by atomic mass is 16.5. The number of carbonyl (C=O) groups is 3. The molecule has 1 fully saturated rings. The number of ether oxygens (including phenoxy) is 1. The number of likely N-dealkylation sites (tertiary alicyclic amines) is 1. The van der Waals surface area contributed by atoms with Crippen molar-refractivity contribution >= 4 is 17.8 Å². The van der Waals surface area contributed by atoms with Crippen LogP contribution in [0.2, 0.25) is 0 Å². The van der Waals surface area contributed by atoms with Crippen molar-refractivity contribution < 1.29 is 19.1 Å². The Balaban J connectivity index is 1.98. The van der Waals surface area contributed by atoms with Gasteiger partial charge in [0.2, 0.25) is 5.91 Å². The molecule has 0 unspecified atom stereocenters. The van der Waals surface area contributed by atoms with Crippen molar-refractivity contribution in [2.45, 2.75) is 53.4 Å². The first-order valence-corrected chi connectivity index (χ1v) is 9.81. The van der Waals surface area contributed by atoms with E-state index in [0.29, 0.717) is 61.1 Å². The second-order valence-electron chi connectivity index (χ2n) is 7.14. The molecule has 0 aliphatic carbocycles. The minimum Gasteiger partial charge on any atom is -0.461 e. The second-order valence-corrected chi connectivity index (χ2v) is 7.14. The number of carbonyl (C=O) groups excluding carboxylic acids is 3. The van der Waals surface area contributed by atoms with Crippen molar-refractivity contribution in [1.82, 2.24) is 15.2 Å². The normalized spacial score (nSPS) is 14.9. The van der Waals surface area contributed by atoms with E-state index in [1.807, 2.05) is 11.8 Å². The first kappa shape index (κ1) is 21.0. The lowest BCUT2D eigenvalue weighted by Gasteiger charge is -2.32. The molecule has 0 bridgehead atoms. The highest BCUT2D eigenvalue weighted by Gasteiger charge is 2.29. The van der Waals surface area contributed by atoms with Crippen LogP contribution in [0.25, 0.3) is 0 Å². The predicted molar refractivity (Wildman–Crippen MR) is 103 cm³/mol. The van der Waals surface area contributed by atoms with Crippen LogP contribution >= 0.6 is 0 Å². The molecule has 1 aliphatic rings. The standard InChI is InChI=1S/C20H31N3O4/c1-5-9-21-16(24)12-15-7-10-23(11-8-15)19(25)17-13(3)18(22-14(17)4)20(26)27-6-2/h15,22H,5-12H2,1-4H3,(H,21,24). The van der Waals surface area contributed by atoms with Crippen molar-refractivity contribution in [2.24, 2.45) is 5.92 Å². The summed E-state index contributed by atoms with van der Waals surface area (Å²) in [6.07, 6.45) is 3.09. The maximum Gasteiger partial charge on any atom is 0.355 e. The summed E-state index contributed by atoms with van der Waals surface area (Å²) in [6, 6.07) is 0. The SMILES string of the molecule is CCCNC(=O)CC1CCN(C(=O)c2c(C)[nH]c(C(=O)OCC)c2C)CC1. The maximum absolute atomic E-state index is 13.0. The van der Waals surface area contributed by atoms with E-state index >= 15 is 0 Å². The Morgan fingerprint density at radius 3 is 2.44 bits per heavy atom. The van der Waals surface area contributed by atoms with E-state index in [-0.39, 0.29) is 11.8 Å². The highest BCUT2D eigenvalue weighted by molar-refractivity contribution is 6.01. The number of hydrogen-bond donors (Lipinski definition) is 2. The van der Waals surface area contributed by atoms with Gasteiger partial charge in [-0.15, -0.1) is 0 Å². The third-order valence-corrected chi connectivity index (χ3v) is 5.08. The Labute approximate surface area is 160 Å². The molecule has 1 aromatic heterocycles. The Hall–Kier alpha value is -2.31. The summed E-state index contributed by atoms with van der Waals surface area (Å²) in [6.45, 7) is 9.61. The lowest BCUT2D eigenvalue weighted by molar-refractivity contribution is -0.122. The van der Waals surface area contributed by atoms with Gasteiger partial charge in [0.15, 0.2) is 0 Å². The third kappa shape index (κ3) is 5.11. The minimum atomic E-state index is -0.436. The van der Waals surface area contributed by atoms with Crippen molar-refractivity contribution in [1.29, 1.82) is 0 Å². The van der Waals surface area contributed by atoms with E-state index in [4.69, 9.17) is 4.74 Å². The summed E-state index contributed by atoms with van der Waals surface area (Å²) in [4.78, 5) is 41.7. The van der Waals surface area contributed by atoms with E-state index in [1.165, 1.54) is 0 Å². The smallest absolute Gasteiger partial charge is 0.355 e. The molecule has 0 atom stereocenters. The van der Waals surface area contributed by atoms with Gasteiger partial charge in [0.1, 0.15) is 5.69 Å². The molecule has 2 rings (SSSR count). The molecule has 7 heteroatoms. The van der Waals surface area contributed by atoms with E-state index in [1.54, 1.807) is 20.8 Å². The van der Waals surface area contributed by atoms with Gasteiger partial charge < -0.3 is 19.9 Å². The number of nitrogens with one attached hydrogen (secondary N) is 2. The molecule has 1 aromatic rings. The molecule has 0 saturated carbocycles. The van der Waals surface area contributed by atoms with E-state index in [0.717, 1.165) is 19.3 Å². The number of amides is 2. The molecule has 0 spiro atoms. The highest BCUT2D eigenvalue weighted by Crippen LogP contribution is 2.25. The monoisotopic (exact) mass is 377 g/mol. The van der Waals surface area contributed by atoms with E-state index < -0.39 is 5.97 Å². The molecular formula is C20H31N3O4. The summed E-state index contributed by atoms with van der Waals surface area (Å²) >= 11 is 0. The van der Waals surface area contributed by atoms with Gasteiger partial charge in [-0.05, 0) is 51.5 Å². The Morgan fingerprint density at radius 2 is 1.85 bits per heavy atom. The number of aromatic nitrogens is 1. The fraction of sp³-hybridized carbons (Fsp3) is 0.650. The second kappa shape index (κ2) is 9.58. The van der Waals surface area contributed by atoms with Gasteiger partial charge in [-0.25, -0.2) is 4.79 Å². The van der Waals surface area contributed by atoms with Crippen LogP contribution in [0.5, 0.6) is 0 Å². The van der Waals surface area contributed by atoms with Crippen LogP contribution in [-0.4, -0.2) is 53.9 Å². The van der Waals surface area contributed by atoms with Crippen LogP contribution in [0.4, 0.5) is 0 Å². The summed E-state index contributed by atoms with van der Waals surface area (Å²) in [5.41, 5.74) is 2.22. The summed E-state index contributed by atoms with van der Waals surface area (Å²) in [5.74, 6) is -0.0907. The zero-order valence-corrected chi connectivity index (χ0v) is 16.8. The summed E-state index contributed by atoms with van der Waals surface area (Å²) in [7, 11) is 0. The number of aryl methyl sites for hydroxylation is 1. The molecule has 27 heavy (non-hydrogen) atoms. The van der Waals surface area contributed by atoms with Crippen molar-refractivity contribution in [3.63, 3.8) is 0 Å². The number of piperidine rings is 1. The molecule has 0 radical (unpaired) electrons. The van der Waals surface area contributed by atoms with Gasteiger partial charge in [0, 0.05) is 31.7 Å². The number of esters is 1. The zero-order valence-electron chi connectivity index (χ0n) is 16.8. The van der Waals surface area contributed by atoms with Crippen LogP contribution in [0, 0.1) is 19.8 Å². The predicted octanol–water partition coefficient (Wildman–Crippen LogP) is 2.58. The Kier molecular flexibility index (Phi) is 7.45. The van der Waals surface area contributed by atoms with Crippen LogP contribution in [-0.2, 0) is 9.53 Å². The van der Waals surface area contributed by atoms with Crippen molar-refractivity contribution in [3.05, 3.63) is 22.5 Å². The molecular weight excluding hydrogens is 346 g/mol. The maximum atomic E-state index is 13.0. The molecule has 2 N–H and O–H groups in total. The van der Waals surface area contributed by atoms with Crippen molar-refractivity contribution in [3.8, 4) is 0 Å². The molecule has 2 heterocycles. The molecule has 2 amide bonds. The fourth-order valence-corrected chi connectivity index (χ4v) is 3.58. The van der Waals surface area contributed by atoms with Gasteiger partial charge in [0.05, 0.1) is 12.2 Å². The van der Waals surface area contributed by atoms with Gasteiger partial charge in [-0.3, -0.25) is 9.59 Å². The first-order chi connectivity index (χ1) is 12.9. The number of rotatable bonds is 7. The van der Waals surface area contributed by atoms with Crippen LogP contribution in [0.1, 0.15) is 71.6 Å². The summed E-state index contributed by atoms with van der Waals surface area (Å²) in [5, 5.41) is 2.91. The van der Waals surface area contributed by atoms with Crippen LogP contribution in [0.3, 0.4) is 0 Å². The van der Waals surface area contributed by atoms with Gasteiger partial charge >= 0.3 is 5.97 Å². The van der Waals surface area contributed by atoms with E-state index in [9.17, 15) is 14.4 Å². The van der Waals surface area contributed by atoms with Crippen LogP contribution in [0.15, 0.2) is 0 Å². The lowest BCUT2D eigenvalue weighted by Crippen LogP contribution is -2.40. The number of H-pyrrole nitrogens is 1. The zero-order chi connectivity index (χ0) is 20.0. The molecule has 7 nitrogen and oxygen atoms in total. The quantitative estimate of drug-likeness (QED) is 0.715. The number of hydrogen-bond acceptors (Lipinski definition) is 4. The Morgan fingerprint density at radius 1 is 1.19 bits per heavy atom. The molecule has 1 aliphatic heterocycles. The van der Waals surface area contributed by atoms with Crippen LogP contribution < -0.4 is 5.32 Å². The van der Waals surface area contributed by atoms with Gasteiger partial charge in [-0.1, -0.05) is 6.92 Å². The van der Waals surface area contributed by atoms with Gasteiger partial charge in [0.25, 0.3) is 5.91 Å². The molecule has 1 saturated heterocycles. The van der Waals surface area contributed by atoms with E-state index in [2.05, 4.69) is 10.3 Å². The molecule has 150 valence electrons. The lowest BCUT2D eigenvalue weighted by atomic mass is 9.92. The summed E-state index contributed by atoms with van der Waals surface area (Å²) < 4.78 is 5.05. The number of nitrogens with zero attached hydrogens (tertiary/aromatic N) is 1. The van der Waals surface area contributed by atoms with Crippen molar-refractivity contribution in [2.75, 3.05) is 26.2 Å². The average Bonchev–Trinajstić information content (AvgIpc) is 2.94. The average molecular weight is 377 g/mol. The first-order valence-electron chi connectivity index (χ1n) is 9.81.